The minimum Gasteiger partial charge on any atom is -0.356 e. The molecular weight excluding hydrogens is 138 g/mol. The number of hydrogen-bond acceptors (Lipinski definition) is 2. The van der Waals surface area contributed by atoms with Crippen molar-refractivity contribution in [1.82, 2.24) is 4.90 Å². The lowest BCUT2D eigenvalue weighted by Gasteiger charge is -2.30. The largest absolute Gasteiger partial charge is 0.356 e. The highest BCUT2D eigenvalue weighted by Crippen LogP contribution is 2.29. The van der Waals surface area contributed by atoms with Gasteiger partial charge < -0.3 is 4.74 Å². The van der Waals surface area contributed by atoms with E-state index >= 15 is 0 Å². The van der Waals surface area contributed by atoms with Crippen molar-refractivity contribution in [2.24, 2.45) is 0 Å². The van der Waals surface area contributed by atoms with Gasteiger partial charge in [0, 0.05) is 6.54 Å². The first-order valence-corrected chi connectivity index (χ1v) is 4.47. The maximum atomic E-state index is 5.83. The zero-order valence-electron chi connectivity index (χ0n) is 8.05. The lowest BCUT2D eigenvalue weighted by molar-refractivity contribution is -0.0836. The minimum absolute atomic E-state index is 0.00810. The van der Waals surface area contributed by atoms with Crippen molar-refractivity contribution in [3.05, 3.63) is 0 Å². The molecule has 2 heteroatoms. The molecular formula is C9H19NO. The lowest BCUT2D eigenvalue weighted by atomic mass is 10.1. The van der Waals surface area contributed by atoms with Crippen LogP contribution in [0.5, 0.6) is 0 Å². The van der Waals surface area contributed by atoms with Crippen molar-refractivity contribution in [3.63, 3.8) is 0 Å². The topological polar surface area (TPSA) is 12.5 Å². The first kappa shape index (κ1) is 9.01. The molecule has 1 aliphatic rings. The van der Waals surface area contributed by atoms with E-state index in [1.807, 2.05) is 0 Å². The van der Waals surface area contributed by atoms with Gasteiger partial charge in [0.05, 0.1) is 6.10 Å². The van der Waals surface area contributed by atoms with Crippen LogP contribution in [0.1, 0.15) is 33.6 Å². The highest BCUT2D eigenvalue weighted by molar-refractivity contribution is 4.82. The number of likely N-dealkylation sites (N-methyl/N-ethyl adjacent to an activating group) is 1. The Balaban J connectivity index is 2.55. The molecule has 1 saturated heterocycles. The monoisotopic (exact) mass is 157 g/mol. The maximum absolute atomic E-state index is 5.83. The molecule has 2 atom stereocenters. The fraction of sp³-hybridized carbons (Fsp3) is 1.00. The van der Waals surface area contributed by atoms with Gasteiger partial charge in [0.2, 0.25) is 0 Å². The summed E-state index contributed by atoms with van der Waals surface area (Å²) >= 11 is 0. The zero-order chi connectivity index (χ0) is 8.48. The summed E-state index contributed by atoms with van der Waals surface area (Å²) in [5, 5.41) is 0. The normalized spacial score (nSPS) is 39.8. The quantitative estimate of drug-likeness (QED) is 0.606. The number of ether oxygens (including phenoxy) is 1. The molecule has 0 aromatic carbocycles. The smallest absolute Gasteiger partial charge is 0.119 e. The van der Waals surface area contributed by atoms with Crippen molar-refractivity contribution in [2.75, 3.05) is 13.6 Å². The second kappa shape index (κ2) is 3.11. The third-order valence-electron chi connectivity index (χ3n) is 2.51. The van der Waals surface area contributed by atoms with Crippen LogP contribution in [0.3, 0.4) is 0 Å². The van der Waals surface area contributed by atoms with Crippen LogP contribution in [-0.2, 0) is 4.74 Å². The predicted molar refractivity (Wildman–Crippen MR) is 46.5 cm³/mol. The van der Waals surface area contributed by atoms with Crippen molar-refractivity contribution in [1.29, 1.82) is 0 Å². The van der Waals surface area contributed by atoms with Crippen LogP contribution in [0.2, 0.25) is 0 Å². The second-order valence-electron chi connectivity index (χ2n) is 3.73. The van der Waals surface area contributed by atoms with E-state index in [2.05, 4.69) is 32.7 Å². The van der Waals surface area contributed by atoms with Gasteiger partial charge in [-0.05, 0) is 27.3 Å². The van der Waals surface area contributed by atoms with E-state index in [9.17, 15) is 0 Å². The molecule has 0 bridgehead atoms. The van der Waals surface area contributed by atoms with E-state index < -0.39 is 0 Å². The number of nitrogens with zero attached hydrogens (tertiary/aromatic N) is 1. The van der Waals surface area contributed by atoms with Gasteiger partial charge in [0.25, 0.3) is 0 Å². The third-order valence-corrected chi connectivity index (χ3v) is 2.51. The van der Waals surface area contributed by atoms with Gasteiger partial charge in [-0.3, -0.25) is 4.90 Å². The summed E-state index contributed by atoms with van der Waals surface area (Å²) in [5.41, 5.74) is 0.00810. The maximum Gasteiger partial charge on any atom is 0.119 e. The SMILES string of the molecule is CCCC1(C)OC(C)CN1C. The molecule has 0 radical (unpaired) electrons. The van der Waals surface area contributed by atoms with E-state index in [0.29, 0.717) is 6.10 Å². The summed E-state index contributed by atoms with van der Waals surface area (Å²) in [5.74, 6) is 0. The Bertz CT molecular complexity index is 138. The van der Waals surface area contributed by atoms with E-state index in [-0.39, 0.29) is 5.72 Å². The molecule has 0 aromatic rings. The molecule has 0 spiro atoms. The first-order chi connectivity index (χ1) is 5.08. The van der Waals surface area contributed by atoms with Crippen molar-refractivity contribution in [2.45, 2.75) is 45.4 Å². The van der Waals surface area contributed by atoms with Crippen LogP contribution in [0.25, 0.3) is 0 Å². The Hall–Kier alpha value is -0.0800. The number of hydrogen-bond donors (Lipinski definition) is 0. The summed E-state index contributed by atoms with van der Waals surface area (Å²) in [6.07, 6.45) is 2.72. The van der Waals surface area contributed by atoms with E-state index in [0.717, 1.165) is 13.0 Å². The molecule has 0 aliphatic carbocycles. The standard InChI is InChI=1S/C9H19NO/c1-5-6-9(3)10(4)7-8(2)11-9/h8H,5-7H2,1-4H3. The van der Waals surface area contributed by atoms with Gasteiger partial charge in [0.15, 0.2) is 0 Å². The van der Waals surface area contributed by atoms with Crippen LogP contribution in [0.4, 0.5) is 0 Å². The summed E-state index contributed by atoms with van der Waals surface area (Å²) in [6.45, 7) is 7.58. The first-order valence-electron chi connectivity index (χ1n) is 4.47. The second-order valence-corrected chi connectivity index (χ2v) is 3.73. The van der Waals surface area contributed by atoms with E-state index in [4.69, 9.17) is 4.74 Å². The summed E-state index contributed by atoms with van der Waals surface area (Å²) < 4.78 is 5.83. The lowest BCUT2D eigenvalue weighted by Crippen LogP contribution is -2.39. The van der Waals surface area contributed by atoms with E-state index in [1.165, 1.54) is 6.42 Å². The molecule has 11 heavy (non-hydrogen) atoms. The van der Waals surface area contributed by atoms with E-state index in [1.54, 1.807) is 0 Å². The zero-order valence-corrected chi connectivity index (χ0v) is 8.05. The van der Waals surface area contributed by atoms with Gasteiger partial charge in [-0.15, -0.1) is 0 Å². The van der Waals surface area contributed by atoms with Crippen LogP contribution >= 0.6 is 0 Å². The van der Waals surface area contributed by atoms with Gasteiger partial charge in [-0.1, -0.05) is 13.3 Å². The molecule has 2 nitrogen and oxygen atoms in total. The molecule has 0 amide bonds. The molecule has 66 valence electrons. The summed E-state index contributed by atoms with van der Waals surface area (Å²) in [4.78, 5) is 2.31. The molecule has 0 saturated carbocycles. The highest BCUT2D eigenvalue weighted by atomic mass is 16.5. The molecule has 2 unspecified atom stereocenters. The van der Waals surface area contributed by atoms with Crippen LogP contribution in [0.15, 0.2) is 0 Å². The molecule has 1 aliphatic heterocycles. The summed E-state index contributed by atoms with van der Waals surface area (Å²) in [7, 11) is 2.14. The van der Waals surface area contributed by atoms with Crippen LogP contribution < -0.4 is 0 Å². The van der Waals surface area contributed by atoms with Crippen molar-refractivity contribution in [3.8, 4) is 0 Å². The van der Waals surface area contributed by atoms with Gasteiger partial charge >= 0.3 is 0 Å². The van der Waals surface area contributed by atoms with Crippen molar-refractivity contribution >= 4 is 0 Å². The fourth-order valence-electron chi connectivity index (χ4n) is 1.85. The van der Waals surface area contributed by atoms with Crippen molar-refractivity contribution < 1.29 is 4.74 Å². The predicted octanol–water partition coefficient (Wildman–Crippen LogP) is 1.85. The third kappa shape index (κ3) is 1.74. The summed E-state index contributed by atoms with van der Waals surface area (Å²) in [6, 6.07) is 0. The van der Waals surface area contributed by atoms with Gasteiger partial charge in [0.1, 0.15) is 5.72 Å². The van der Waals surface area contributed by atoms with Crippen LogP contribution in [-0.4, -0.2) is 30.3 Å². The Kier molecular flexibility index (Phi) is 2.55. The molecule has 0 aromatic heterocycles. The molecule has 1 heterocycles. The van der Waals surface area contributed by atoms with Gasteiger partial charge in [-0.2, -0.15) is 0 Å². The Labute approximate surface area is 69.5 Å². The average Bonchev–Trinajstić information content (AvgIpc) is 2.08. The molecule has 0 N–H and O–H groups in total. The number of rotatable bonds is 2. The minimum atomic E-state index is 0.00810. The Morgan fingerprint density at radius 3 is 2.64 bits per heavy atom. The fourth-order valence-corrected chi connectivity index (χ4v) is 1.85. The average molecular weight is 157 g/mol. The Morgan fingerprint density at radius 1 is 1.64 bits per heavy atom. The van der Waals surface area contributed by atoms with Crippen LogP contribution in [0, 0.1) is 0 Å². The Morgan fingerprint density at radius 2 is 2.27 bits per heavy atom. The molecule has 1 fully saturated rings. The van der Waals surface area contributed by atoms with Gasteiger partial charge in [-0.25, -0.2) is 0 Å². The molecule has 1 rings (SSSR count). The highest BCUT2D eigenvalue weighted by Gasteiger charge is 2.37.